The molecule has 244 valence electrons. The van der Waals surface area contributed by atoms with Crippen LogP contribution in [0.2, 0.25) is 10.0 Å². The average molecular weight is 692 g/mol. The maximum Gasteiger partial charge on any atom is 0.215 e. The standard InChI is InChI=1S/C35H36Cl2N6O3S/c1-2-41-19-20-47-34(41)39-27-4-6-28(7-5-27)42-15-17-43(18-16-42)29-8-10-30(11-9-29)44-22-31-23-45-35(46-31,24-40-14-13-38-25-40)32-12-3-26(36)21-33(32)37/h3-14,19-21,25,31H,2,15-18,22-24H2,1H3/t31-,35-/m1/s1. The van der Waals surface area contributed by atoms with E-state index in [1.807, 2.05) is 29.0 Å². The molecule has 47 heavy (non-hydrogen) atoms. The number of ether oxygens (including phenoxy) is 3. The Kier molecular flexibility index (Phi) is 9.55. The van der Waals surface area contributed by atoms with E-state index in [1.54, 1.807) is 36.0 Å². The number of aryl methyl sites for hydroxylation is 1. The van der Waals surface area contributed by atoms with Gasteiger partial charge in [-0.25, -0.2) is 9.98 Å². The molecule has 7 rings (SSSR count). The first-order valence-corrected chi connectivity index (χ1v) is 17.4. The summed E-state index contributed by atoms with van der Waals surface area (Å²) in [5, 5.41) is 3.11. The van der Waals surface area contributed by atoms with Crippen LogP contribution >= 0.6 is 34.5 Å². The third-order valence-corrected chi connectivity index (χ3v) is 9.85. The topological polar surface area (TPSA) is 69.3 Å². The second kappa shape index (κ2) is 14.1. The van der Waals surface area contributed by atoms with Gasteiger partial charge in [0.25, 0.3) is 0 Å². The van der Waals surface area contributed by atoms with Gasteiger partial charge in [0.15, 0.2) is 4.80 Å². The Hall–Kier alpha value is -3.80. The number of rotatable bonds is 10. The molecule has 2 aliphatic rings. The summed E-state index contributed by atoms with van der Waals surface area (Å²) in [5.74, 6) is -0.299. The first kappa shape index (κ1) is 31.8. The zero-order valence-corrected chi connectivity index (χ0v) is 28.4. The zero-order chi connectivity index (χ0) is 32.2. The predicted molar refractivity (Wildman–Crippen MR) is 187 cm³/mol. The zero-order valence-electron chi connectivity index (χ0n) is 26.0. The van der Waals surface area contributed by atoms with Gasteiger partial charge in [-0.15, -0.1) is 11.3 Å². The van der Waals surface area contributed by atoms with Gasteiger partial charge in [-0.2, -0.15) is 0 Å². The summed E-state index contributed by atoms with van der Waals surface area (Å²) in [7, 11) is 0. The van der Waals surface area contributed by atoms with Crippen molar-refractivity contribution in [2.45, 2.75) is 31.9 Å². The summed E-state index contributed by atoms with van der Waals surface area (Å²) in [4.78, 5) is 14.8. The van der Waals surface area contributed by atoms with E-state index in [0.29, 0.717) is 29.8 Å². The van der Waals surface area contributed by atoms with Gasteiger partial charge in [0, 0.05) is 78.7 Å². The lowest BCUT2D eigenvalue weighted by Gasteiger charge is -2.37. The van der Waals surface area contributed by atoms with E-state index >= 15 is 0 Å². The van der Waals surface area contributed by atoms with Crippen LogP contribution in [0.25, 0.3) is 0 Å². The van der Waals surface area contributed by atoms with E-state index in [-0.39, 0.29) is 6.10 Å². The molecule has 2 aromatic heterocycles. The van der Waals surface area contributed by atoms with Gasteiger partial charge in [0.05, 0.1) is 30.2 Å². The highest BCUT2D eigenvalue weighted by atomic mass is 35.5. The second-order valence-corrected chi connectivity index (χ2v) is 13.3. The van der Waals surface area contributed by atoms with E-state index in [2.05, 4.69) is 74.2 Å². The molecule has 0 unspecified atom stereocenters. The van der Waals surface area contributed by atoms with Crippen molar-refractivity contribution >= 4 is 51.6 Å². The van der Waals surface area contributed by atoms with Crippen molar-refractivity contribution in [3.05, 3.63) is 117 Å². The van der Waals surface area contributed by atoms with Crippen molar-refractivity contribution in [2.75, 3.05) is 49.2 Å². The van der Waals surface area contributed by atoms with Crippen LogP contribution in [-0.4, -0.2) is 59.6 Å². The fourth-order valence-corrected chi connectivity index (χ4v) is 7.38. The molecule has 0 spiro atoms. The Bertz CT molecular complexity index is 1840. The Morgan fingerprint density at radius 3 is 2.34 bits per heavy atom. The van der Waals surface area contributed by atoms with E-state index in [9.17, 15) is 0 Å². The van der Waals surface area contributed by atoms with Crippen molar-refractivity contribution < 1.29 is 14.2 Å². The van der Waals surface area contributed by atoms with E-state index in [0.717, 1.165) is 54.5 Å². The van der Waals surface area contributed by atoms with Crippen molar-refractivity contribution in [1.82, 2.24) is 14.1 Å². The number of benzene rings is 3. The Morgan fingerprint density at radius 2 is 1.68 bits per heavy atom. The highest BCUT2D eigenvalue weighted by Gasteiger charge is 2.45. The number of halogens is 2. The summed E-state index contributed by atoms with van der Waals surface area (Å²) in [6.07, 6.45) is 7.11. The molecule has 12 heteroatoms. The third kappa shape index (κ3) is 7.22. The summed E-state index contributed by atoms with van der Waals surface area (Å²) in [5.41, 5.74) is 4.11. The summed E-state index contributed by atoms with van der Waals surface area (Å²) < 4.78 is 23.0. The number of nitrogens with zero attached hydrogens (tertiary/aromatic N) is 6. The normalized spacial score (nSPS) is 20.2. The molecule has 3 aromatic carbocycles. The molecule has 9 nitrogen and oxygen atoms in total. The van der Waals surface area contributed by atoms with Crippen LogP contribution < -0.4 is 19.3 Å². The number of piperazine rings is 1. The van der Waals surface area contributed by atoms with Gasteiger partial charge >= 0.3 is 0 Å². The number of hydrogen-bond donors (Lipinski definition) is 0. The molecule has 5 aromatic rings. The van der Waals surface area contributed by atoms with Crippen LogP contribution in [0.15, 0.2) is 102 Å². The van der Waals surface area contributed by atoms with E-state index < -0.39 is 5.79 Å². The predicted octanol–water partition coefficient (Wildman–Crippen LogP) is 6.98. The van der Waals surface area contributed by atoms with E-state index in [1.165, 1.54) is 11.4 Å². The average Bonchev–Trinajstić information content (AvgIpc) is 3.87. The first-order chi connectivity index (χ1) is 23.0. The molecule has 0 N–H and O–H groups in total. The van der Waals surface area contributed by atoms with Gasteiger partial charge in [0.2, 0.25) is 5.79 Å². The first-order valence-electron chi connectivity index (χ1n) is 15.7. The van der Waals surface area contributed by atoms with Gasteiger partial charge in [-0.3, -0.25) is 0 Å². The molecular formula is C35H36Cl2N6O3S. The number of anilines is 2. The van der Waals surface area contributed by atoms with E-state index in [4.69, 9.17) is 42.4 Å². The molecule has 0 radical (unpaired) electrons. The molecule has 0 saturated carbocycles. The molecular weight excluding hydrogens is 655 g/mol. The lowest BCUT2D eigenvalue weighted by Crippen LogP contribution is -2.46. The van der Waals surface area contributed by atoms with Crippen LogP contribution in [0.3, 0.4) is 0 Å². The molecule has 2 saturated heterocycles. The minimum atomic E-state index is -1.08. The Balaban J connectivity index is 0.927. The van der Waals surface area contributed by atoms with Gasteiger partial charge in [0.1, 0.15) is 18.5 Å². The van der Waals surface area contributed by atoms with Crippen LogP contribution in [0.1, 0.15) is 12.5 Å². The minimum absolute atomic E-state index is 0.288. The molecule has 0 aliphatic carbocycles. The van der Waals surface area contributed by atoms with Crippen molar-refractivity contribution in [1.29, 1.82) is 0 Å². The minimum Gasteiger partial charge on any atom is -0.491 e. The highest BCUT2D eigenvalue weighted by Crippen LogP contribution is 2.40. The second-order valence-electron chi connectivity index (χ2n) is 11.5. The van der Waals surface area contributed by atoms with Crippen molar-refractivity contribution in [2.24, 2.45) is 4.99 Å². The number of thiazole rings is 1. The summed E-state index contributed by atoms with van der Waals surface area (Å²) in [6, 6.07) is 22.2. The molecule has 0 bridgehead atoms. The van der Waals surface area contributed by atoms with Crippen LogP contribution in [-0.2, 0) is 28.4 Å². The highest BCUT2D eigenvalue weighted by molar-refractivity contribution is 7.07. The Labute approximate surface area is 288 Å². The van der Waals surface area contributed by atoms with Crippen LogP contribution in [0, 0.1) is 0 Å². The third-order valence-electron chi connectivity index (χ3n) is 8.51. The fourth-order valence-electron chi connectivity index (χ4n) is 6.02. The Morgan fingerprint density at radius 1 is 0.957 bits per heavy atom. The van der Waals surface area contributed by atoms with Crippen LogP contribution in [0.5, 0.6) is 5.75 Å². The molecule has 2 aliphatic heterocycles. The smallest absolute Gasteiger partial charge is 0.215 e. The largest absolute Gasteiger partial charge is 0.491 e. The van der Waals surface area contributed by atoms with Crippen molar-refractivity contribution in [3.63, 3.8) is 0 Å². The molecule has 0 amide bonds. The van der Waals surface area contributed by atoms with Gasteiger partial charge in [-0.05, 0) is 67.6 Å². The monoisotopic (exact) mass is 690 g/mol. The molecule has 2 atom stereocenters. The van der Waals surface area contributed by atoms with Gasteiger partial charge < -0.3 is 33.1 Å². The number of aromatic nitrogens is 3. The fraction of sp³-hybridized carbons (Fsp3) is 0.314. The van der Waals surface area contributed by atoms with Gasteiger partial charge in [-0.1, -0.05) is 29.3 Å². The lowest BCUT2D eigenvalue weighted by molar-refractivity contribution is -0.189. The number of imidazole rings is 1. The quantitative estimate of drug-likeness (QED) is 0.158. The van der Waals surface area contributed by atoms with Crippen molar-refractivity contribution in [3.8, 4) is 5.75 Å². The maximum absolute atomic E-state index is 6.60. The van der Waals surface area contributed by atoms with Crippen LogP contribution in [0.4, 0.5) is 17.1 Å². The molecule has 4 heterocycles. The SMILES string of the molecule is CCn1ccsc1=Nc1ccc(N2CCN(c3ccc(OC[C@@H]4CO[C@@](Cn5ccnc5)(c5ccc(Cl)cc5Cl)O4)cc3)CC2)cc1. The maximum atomic E-state index is 6.60. The number of hydrogen-bond acceptors (Lipinski definition) is 8. The summed E-state index contributed by atoms with van der Waals surface area (Å²) in [6.45, 7) is 7.93. The lowest BCUT2D eigenvalue weighted by atomic mass is 10.1. The summed E-state index contributed by atoms with van der Waals surface area (Å²) >= 11 is 14.4. The molecule has 2 fully saturated rings.